The van der Waals surface area contributed by atoms with Gasteiger partial charge in [-0.1, -0.05) is 0 Å². The van der Waals surface area contributed by atoms with Gasteiger partial charge in [-0.25, -0.2) is 0 Å². The summed E-state index contributed by atoms with van der Waals surface area (Å²) in [5.74, 6) is -0.275. The molecule has 1 rings (SSSR count). The summed E-state index contributed by atoms with van der Waals surface area (Å²) in [6.45, 7) is 0. The quantitative estimate of drug-likeness (QED) is 0.575. The van der Waals surface area contributed by atoms with Crippen molar-refractivity contribution in [3.63, 3.8) is 0 Å². The summed E-state index contributed by atoms with van der Waals surface area (Å²) in [5, 5.41) is 2.20. The Morgan fingerprint density at radius 3 is 1.78 bits per heavy atom. The molecule has 9 heavy (non-hydrogen) atoms. The number of hydrogen-bond acceptors (Lipinski definition) is 2. The van der Waals surface area contributed by atoms with Crippen LogP contribution < -0.4 is 5.32 Å². The minimum absolute atomic E-state index is 0. The van der Waals surface area contributed by atoms with Crippen LogP contribution in [0.4, 0.5) is 0 Å². The summed E-state index contributed by atoms with van der Waals surface area (Å²) in [6.07, 6.45) is 1.72. The van der Waals surface area contributed by atoms with Gasteiger partial charge in [0.2, 0.25) is 11.8 Å². The molecule has 1 saturated heterocycles. The molecule has 3 nitrogen and oxygen atoms in total. The van der Waals surface area contributed by atoms with Crippen molar-refractivity contribution in [2.45, 2.75) is 19.3 Å². The van der Waals surface area contributed by atoms with E-state index in [-0.39, 0.29) is 38.4 Å². The van der Waals surface area contributed by atoms with Gasteiger partial charge in [-0.2, -0.15) is 0 Å². The van der Waals surface area contributed by atoms with Crippen LogP contribution in [-0.4, -0.2) is 38.4 Å². The number of nitrogens with one attached hydrogen (secondary N) is 1. The van der Waals surface area contributed by atoms with E-state index < -0.39 is 0 Å². The first kappa shape index (κ1) is 9.04. The average Bonchev–Trinajstić information content (AvgIpc) is 1.64. The van der Waals surface area contributed by atoms with Crippen molar-refractivity contribution >= 4 is 38.4 Å². The summed E-state index contributed by atoms with van der Waals surface area (Å²) < 4.78 is 0. The van der Waals surface area contributed by atoms with Crippen molar-refractivity contribution in [1.29, 1.82) is 0 Å². The molecule has 1 heterocycles. The number of carbonyl (C=O) groups is 2. The molecule has 0 spiro atoms. The van der Waals surface area contributed by atoms with Crippen molar-refractivity contribution in [3.8, 4) is 0 Å². The Balaban J connectivity index is 0.000000640. The molecule has 1 N–H and O–H groups in total. The third-order valence-electron chi connectivity index (χ3n) is 1.09. The van der Waals surface area contributed by atoms with E-state index >= 15 is 0 Å². The van der Waals surface area contributed by atoms with Crippen LogP contribution in [0.15, 0.2) is 0 Å². The van der Waals surface area contributed by atoms with Gasteiger partial charge in [0.15, 0.2) is 0 Å². The molecule has 0 aromatic carbocycles. The maximum absolute atomic E-state index is 10.3. The van der Waals surface area contributed by atoms with E-state index in [0.717, 1.165) is 0 Å². The van der Waals surface area contributed by atoms with Crippen LogP contribution in [-0.2, 0) is 9.59 Å². The Morgan fingerprint density at radius 1 is 1.11 bits per heavy atom. The monoisotopic (exact) mass is 324 g/mol. The molecule has 1 fully saturated rings. The zero-order valence-electron chi connectivity index (χ0n) is 4.94. The Labute approximate surface area is 72.7 Å². The van der Waals surface area contributed by atoms with E-state index in [4.69, 9.17) is 0 Å². The molecule has 1 aliphatic heterocycles. The standard InChI is InChI=1S/C5H7NO2.Po.2H/c7-4-2-1-3-5(8)6-4;;;/h1-3H2,(H,6,7,8);;;. The number of carbonyl (C=O) groups excluding carboxylic acids is 2. The summed E-state index contributed by atoms with van der Waals surface area (Å²) in [6, 6.07) is 0. The third-order valence-corrected chi connectivity index (χ3v) is 1.09. The third kappa shape index (κ3) is 2.91. The van der Waals surface area contributed by atoms with Crippen LogP contribution in [0.2, 0.25) is 0 Å². The molecule has 0 radical (unpaired) electrons. The molecule has 0 saturated carbocycles. The van der Waals surface area contributed by atoms with Crippen LogP contribution >= 0.6 is 0 Å². The van der Waals surface area contributed by atoms with Gasteiger partial charge in [-0.15, -0.1) is 0 Å². The van der Waals surface area contributed by atoms with Gasteiger partial charge in [-0.05, 0) is 6.42 Å². The van der Waals surface area contributed by atoms with E-state index in [2.05, 4.69) is 5.32 Å². The predicted molar refractivity (Wildman–Crippen MR) is 35.5 cm³/mol. The van der Waals surface area contributed by atoms with Crippen molar-refractivity contribution in [1.82, 2.24) is 5.32 Å². The molecule has 1 aliphatic rings. The first-order chi connectivity index (χ1) is 3.79. The van der Waals surface area contributed by atoms with Crippen LogP contribution in [0, 0.1) is 0 Å². The zero-order valence-corrected chi connectivity index (χ0v) is 8.83. The fourth-order valence-electron chi connectivity index (χ4n) is 0.690. The molecule has 0 aromatic heterocycles. The number of imide groups is 1. The van der Waals surface area contributed by atoms with Crippen molar-refractivity contribution in [3.05, 3.63) is 0 Å². The fourth-order valence-corrected chi connectivity index (χ4v) is 0.690. The number of hydrogen-bond donors (Lipinski definition) is 1. The maximum atomic E-state index is 10.3. The number of rotatable bonds is 0. The first-order valence-electron chi connectivity index (χ1n) is 2.62. The van der Waals surface area contributed by atoms with Gasteiger partial charge in [0.05, 0.1) is 0 Å². The Bertz CT molecular complexity index is 121. The average molecular weight is 324 g/mol. The van der Waals surface area contributed by atoms with Crippen LogP contribution in [0.25, 0.3) is 0 Å². The fraction of sp³-hybridized carbons (Fsp3) is 0.600. The first-order valence-corrected chi connectivity index (χ1v) is 2.62. The van der Waals surface area contributed by atoms with Gasteiger partial charge in [0.25, 0.3) is 0 Å². The molecule has 0 unspecified atom stereocenters. The molecular formula is C5H9NO2Po. The van der Waals surface area contributed by atoms with Gasteiger partial charge in [-0.3, -0.25) is 14.9 Å². The van der Waals surface area contributed by atoms with Gasteiger partial charge in [0.1, 0.15) is 0 Å². The SMILES string of the molecule is O=C1CCCC(=O)N1.[PoH2]. The normalized spacial score (nSPS) is 18.2. The minimum atomic E-state index is -0.138. The Hall–Kier alpha value is 0.0361. The molecule has 0 aliphatic carbocycles. The van der Waals surface area contributed by atoms with E-state index in [1.807, 2.05) is 0 Å². The second-order valence-electron chi connectivity index (χ2n) is 1.82. The van der Waals surface area contributed by atoms with E-state index in [1.165, 1.54) is 0 Å². The second-order valence-corrected chi connectivity index (χ2v) is 1.82. The summed E-state index contributed by atoms with van der Waals surface area (Å²) in [5.41, 5.74) is 0. The molecule has 52 valence electrons. The van der Waals surface area contributed by atoms with Crippen LogP contribution in [0.5, 0.6) is 0 Å². The molecule has 4 heteroatoms. The molecule has 0 aromatic rings. The van der Waals surface area contributed by atoms with Crippen LogP contribution in [0.1, 0.15) is 19.3 Å². The van der Waals surface area contributed by atoms with Crippen molar-refractivity contribution in [2.75, 3.05) is 0 Å². The van der Waals surface area contributed by atoms with Gasteiger partial charge < -0.3 is 0 Å². The number of amides is 2. The van der Waals surface area contributed by atoms with Gasteiger partial charge >= 0.3 is 26.6 Å². The van der Waals surface area contributed by atoms with Crippen molar-refractivity contribution < 1.29 is 9.59 Å². The molecule has 2 amide bonds. The number of piperidine rings is 1. The van der Waals surface area contributed by atoms with E-state index in [9.17, 15) is 9.59 Å². The van der Waals surface area contributed by atoms with E-state index in [0.29, 0.717) is 19.3 Å². The molecule has 0 atom stereocenters. The van der Waals surface area contributed by atoms with Crippen molar-refractivity contribution in [2.24, 2.45) is 0 Å². The zero-order chi connectivity index (χ0) is 5.98. The summed E-state index contributed by atoms with van der Waals surface area (Å²) in [7, 11) is 0. The summed E-state index contributed by atoms with van der Waals surface area (Å²) >= 11 is 0. The summed E-state index contributed by atoms with van der Waals surface area (Å²) in [4.78, 5) is 20.7. The van der Waals surface area contributed by atoms with Gasteiger partial charge in [0, 0.05) is 12.8 Å². The second kappa shape index (κ2) is 3.95. The molecule has 0 bridgehead atoms. The van der Waals surface area contributed by atoms with Crippen LogP contribution in [0.3, 0.4) is 0 Å². The predicted octanol–water partition coefficient (Wildman–Crippen LogP) is -1.10. The van der Waals surface area contributed by atoms with E-state index in [1.54, 1.807) is 0 Å². The Kier molecular flexibility index (Phi) is 3.97. The topological polar surface area (TPSA) is 46.2 Å². The molecular weight excluding hydrogens is 315 g/mol. The Morgan fingerprint density at radius 2 is 1.56 bits per heavy atom.